The van der Waals surface area contributed by atoms with E-state index in [-0.39, 0.29) is 5.82 Å². The Hall–Kier alpha value is -2.91. The Morgan fingerprint density at radius 3 is 2.18 bits per heavy atom. The normalized spacial score (nSPS) is 11.0. The molecule has 4 aromatic rings. The van der Waals surface area contributed by atoms with E-state index in [9.17, 15) is 4.39 Å². The summed E-state index contributed by atoms with van der Waals surface area (Å²) in [5, 5.41) is 5.36. The lowest BCUT2D eigenvalue weighted by atomic mass is 10.1. The number of benzene rings is 3. The van der Waals surface area contributed by atoms with E-state index in [0.29, 0.717) is 22.8 Å². The number of hydrogen-bond acceptors (Lipinski definition) is 1. The molecule has 4 rings (SSSR count). The van der Waals surface area contributed by atoms with Gasteiger partial charge in [-0.25, -0.2) is 4.39 Å². The molecule has 140 valence electrons. The highest BCUT2D eigenvalue weighted by Gasteiger charge is 2.20. The lowest BCUT2D eigenvalue weighted by molar-refractivity contribution is 0.587. The van der Waals surface area contributed by atoms with Gasteiger partial charge in [-0.2, -0.15) is 5.10 Å². The maximum absolute atomic E-state index is 14.3. The van der Waals surface area contributed by atoms with Crippen molar-refractivity contribution in [2.45, 2.75) is 20.4 Å². The Morgan fingerprint density at radius 2 is 1.50 bits per heavy atom. The zero-order chi connectivity index (χ0) is 19.7. The quantitative estimate of drug-likeness (QED) is 0.380. The highest BCUT2D eigenvalue weighted by molar-refractivity contribution is 6.35. The number of hydrogen-bond donors (Lipinski definition) is 0. The second-order valence-corrected chi connectivity index (χ2v) is 7.38. The van der Waals surface area contributed by atoms with Gasteiger partial charge in [0.05, 0.1) is 17.3 Å². The highest BCUT2D eigenvalue weighted by Crippen LogP contribution is 2.37. The molecule has 3 aromatic carbocycles. The highest BCUT2D eigenvalue weighted by atomic mass is 35.5. The Kier molecular flexibility index (Phi) is 5.01. The first kappa shape index (κ1) is 18.5. The fourth-order valence-electron chi connectivity index (χ4n) is 3.39. The lowest BCUT2D eigenvalue weighted by Crippen LogP contribution is -2.06. The van der Waals surface area contributed by atoms with Crippen LogP contribution in [0.4, 0.5) is 4.39 Å². The van der Waals surface area contributed by atoms with Crippen molar-refractivity contribution in [1.82, 2.24) is 9.78 Å². The van der Waals surface area contributed by atoms with E-state index in [0.717, 1.165) is 27.9 Å². The first-order chi connectivity index (χ1) is 13.5. The third kappa shape index (κ3) is 3.58. The Morgan fingerprint density at radius 1 is 0.857 bits per heavy atom. The summed E-state index contributed by atoms with van der Waals surface area (Å²) in [6.45, 7) is 4.38. The number of nitrogens with zero attached hydrogens (tertiary/aromatic N) is 2. The molecule has 0 aliphatic heterocycles. The van der Waals surface area contributed by atoms with Crippen molar-refractivity contribution in [2.75, 3.05) is 0 Å². The van der Waals surface area contributed by atoms with Gasteiger partial charge in [0.25, 0.3) is 0 Å². The van der Waals surface area contributed by atoms with Crippen molar-refractivity contribution >= 4 is 11.6 Å². The minimum absolute atomic E-state index is 0.249. The fourth-order valence-corrected chi connectivity index (χ4v) is 3.74. The molecule has 0 spiro atoms. The number of halogens is 2. The van der Waals surface area contributed by atoms with E-state index in [1.165, 1.54) is 6.07 Å². The maximum atomic E-state index is 14.3. The van der Waals surface area contributed by atoms with Gasteiger partial charge in [-0.3, -0.25) is 4.68 Å². The second-order valence-electron chi connectivity index (χ2n) is 7.00. The number of aryl methyl sites for hydroxylation is 2. The molecular weight excluding hydrogens is 371 g/mol. The van der Waals surface area contributed by atoms with Crippen LogP contribution in [-0.4, -0.2) is 9.78 Å². The smallest absolute Gasteiger partial charge is 0.128 e. The molecule has 0 radical (unpaired) electrons. The zero-order valence-electron chi connectivity index (χ0n) is 15.8. The van der Waals surface area contributed by atoms with Crippen LogP contribution in [0.3, 0.4) is 0 Å². The number of rotatable bonds is 4. The van der Waals surface area contributed by atoms with Gasteiger partial charge >= 0.3 is 0 Å². The van der Waals surface area contributed by atoms with Crippen LogP contribution in [0.15, 0.2) is 72.8 Å². The van der Waals surface area contributed by atoms with Crippen LogP contribution in [0.5, 0.6) is 0 Å². The first-order valence-corrected chi connectivity index (χ1v) is 9.54. The van der Waals surface area contributed by atoms with Crippen molar-refractivity contribution < 1.29 is 4.39 Å². The van der Waals surface area contributed by atoms with E-state index in [2.05, 4.69) is 12.1 Å². The molecule has 0 fully saturated rings. The van der Waals surface area contributed by atoms with Crippen LogP contribution in [0, 0.1) is 19.7 Å². The third-order valence-electron chi connectivity index (χ3n) is 4.76. The van der Waals surface area contributed by atoms with Gasteiger partial charge in [-0.1, -0.05) is 77.3 Å². The van der Waals surface area contributed by atoms with E-state index < -0.39 is 0 Å². The van der Waals surface area contributed by atoms with Crippen molar-refractivity contribution in [2.24, 2.45) is 0 Å². The summed E-state index contributed by atoms with van der Waals surface area (Å²) in [7, 11) is 0. The zero-order valence-corrected chi connectivity index (χ0v) is 16.5. The Bertz CT molecular complexity index is 1150. The summed E-state index contributed by atoms with van der Waals surface area (Å²) in [5.74, 6) is -0.249. The minimum atomic E-state index is -0.249. The fraction of sp³-hybridized carbons (Fsp3) is 0.125. The largest absolute Gasteiger partial charge is 0.258 e. The molecule has 0 unspecified atom stereocenters. The Labute approximate surface area is 169 Å². The van der Waals surface area contributed by atoms with Crippen molar-refractivity contribution in [1.29, 1.82) is 0 Å². The molecule has 28 heavy (non-hydrogen) atoms. The predicted molar refractivity (Wildman–Crippen MR) is 113 cm³/mol. The third-order valence-corrected chi connectivity index (χ3v) is 5.11. The van der Waals surface area contributed by atoms with Gasteiger partial charge in [0.2, 0.25) is 0 Å². The average molecular weight is 391 g/mol. The van der Waals surface area contributed by atoms with Gasteiger partial charge in [-0.05, 0) is 32.0 Å². The average Bonchev–Trinajstić information content (AvgIpc) is 3.00. The maximum Gasteiger partial charge on any atom is 0.128 e. The molecule has 0 N–H and O–H groups in total. The molecule has 0 amide bonds. The van der Waals surface area contributed by atoms with Gasteiger partial charge in [-0.15, -0.1) is 0 Å². The molecular formula is C24H20ClFN2. The van der Waals surface area contributed by atoms with Crippen molar-refractivity contribution in [3.63, 3.8) is 0 Å². The summed E-state index contributed by atoms with van der Waals surface area (Å²) >= 11 is 6.83. The van der Waals surface area contributed by atoms with Gasteiger partial charge < -0.3 is 0 Å². The van der Waals surface area contributed by atoms with Crippen molar-refractivity contribution in [3.8, 4) is 22.5 Å². The van der Waals surface area contributed by atoms with E-state index in [4.69, 9.17) is 16.7 Å². The second kappa shape index (κ2) is 7.61. The predicted octanol–water partition coefficient (Wildman–Crippen LogP) is 6.67. The molecule has 0 aliphatic rings. The molecule has 1 aromatic heterocycles. The van der Waals surface area contributed by atoms with E-state index in [1.54, 1.807) is 16.8 Å². The van der Waals surface area contributed by atoms with Crippen LogP contribution in [0.25, 0.3) is 22.5 Å². The topological polar surface area (TPSA) is 17.8 Å². The van der Waals surface area contributed by atoms with Gasteiger partial charge in [0, 0.05) is 16.7 Å². The van der Waals surface area contributed by atoms with Crippen LogP contribution in [0.2, 0.25) is 5.02 Å². The summed E-state index contributed by atoms with van der Waals surface area (Å²) in [4.78, 5) is 0. The summed E-state index contributed by atoms with van der Waals surface area (Å²) < 4.78 is 16.1. The Balaban J connectivity index is 1.90. The number of aromatic nitrogens is 2. The molecule has 0 aliphatic carbocycles. The van der Waals surface area contributed by atoms with Gasteiger partial charge in [0.15, 0.2) is 0 Å². The molecule has 0 saturated carbocycles. The minimum Gasteiger partial charge on any atom is -0.258 e. The molecule has 0 atom stereocenters. The van der Waals surface area contributed by atoms with Crippen LogP contribution in [-0.2, 0) is 6.54 Å². The molecule has 0 bridgehead atoms. The molecule has 4 heteroatoms. The van der Waals surface area contributed by atoms with Crippen LogP contribution >= 0.6 is 11.6 Å². The van der Waals surface area contributed by atoms with Crippen molar-refractivity contribution in [3.05, 3.63) is 100 Å². The SMILES string of the molecule is Cc1cccc(-c2nn(Cc3ccccc3F)c(-c3cccc(C)c3)c2Cl)c1. The monoisotopic (exact) mass is 390 g/mol. The molecule has 1 heterocycles. The van der Waals surface area contributed by atoms with Gasteiger partial charge in [0.1, 0.15) is 11.5 Å². The van der Waals surface area contributed by atoms with Crippen LogP contribution < -0.4 is 0 Å². The lowest BCUT2D eigenvalue weighted by Gasteiger charge is -2.09. The van der Waals surface area contributed by atoms with Crippen LogP contribution in [0.1, 0.15) is 16.7 Å². The standard InChI is InChI=1S/C24H20ClFN2/c1-16-7-5-10-18(13-16)23-22(25)24(19-11-6-8-17(2)14-19)28(27-23)15-20-9-3-4-12-21(20)26/h3-14H,15H2,1-2H3. The summed E-state index contributed by atoms with van der Waals surface area (Å²) in [6.07, 6.45) is 0. The summed E-state index contributed by atoms with van der Waals surface area (Å²) in [6, 6.07) is 22.9. The van der Waals surface area contributed by atoms with E-state index >= 15 is 0 Å². The first-order valence-electron chi connectivity index (χ1n) is 9.17. The van der Waals surface area contributed by atoms with E-state index in [1.807, 2.05) is 56.3 Å². The molecule has 0 saturated heterocycles. The summed E-state index contributed by atoms with van der Waals surface area (Å²) in [5.41, 5.74) is 6.26. The molecule has 2 nitrogen and oxygen atoms in total.